The Kier molecular flexibility index (Phi) is 11.3. The quantitative estimate of drug-likeness (QED) is 0.340. The highest BCUT2D eigenvalue weighted by Gasteiger charge is 2.21. The lowest BCUT2D eigenvalue weighted by molar-refractivity contribution is -0.125. The molecule has 0 amide bonds. The number of carbonyl (C=O) groups is 1. The molecule has 35 heavy (non-hydrogen) atoms. The zero-order valence-electron chi connectivity index (χ0n) is 21.6. The van der Waals surface area contributed by atoms with Crippen molar-refractivity contribution in [3.8, 4) is 5.75 Å². The van der Waals surface area contributed by atoms with E-state index in [1.54, 1.807) is 0 Å². The molecule has 2 aromatic carbocycles. The van der Waals surface area contributed by atoms with Crippen LogP contribution in [0, 0.1) is 17.8 Å². The Labute approximate surface area is 211 Å². The van der Waals surface area contributed by atoms with Crippen molar-refractivity contribution in [3.05, 3.63) is 65.7 Å². The number of ketones is 1. The van der Waals surface area contributed by atoms with Gasteiger partial charge in [0.05, 0.1) is 12.2 Å². The molecule has 1 saturated carbocycles. The number of aliphatic hydroxyl groups is 2. The summed E-state index contributed by atoms with van der Waals surface area (Å²) in [6, 6.07) is 18.2. The maximum absolute atomic E-state index is 12.3. The van der Waals surface area contributed by atoms with E-state index in [1.165, 1.54) is 12.0 Å². The first-order chi connectivity index (χ1) is 16.9. The van der Waals surface area contributed by atoms with Gasteiger partial charge in [-0.25, -0.2) is 0 Å². The molecule has 4 nitrogen and oxygen atoms in total. The first-order valence-electron chi connectivity index (χ1n) is 13.6. The molecule has 0 saturated heterocycles. The zero-order chi connectivity index (χ0) is 25.0. The Hall–Kier alpha value is -2.17. The molecule has 0 spiro atoms. The average Bonchev–Trinajstić information content (AvgIpc) is 2.89. The molecule has 1 fully saturated rings. The van der Waals surface area contributed by atoms with E-state index in [2.05, 4.69) is 26.0 Å². The van der Waals surface area contributed by atoms with Crippen LogP contribution in [0.1, 0.15) is 76.3 Å². The van der Waals surface area contributed by atoms with Crippen molar-refractivity contribution in [2.24, 2.45) is 17.8 Å². The van der Waals surface area contributed by atoms with E-state index < -0.39 is 6.10 Å². The normalized spacial score (nSPS) is 17.9. The Morgan fingerprint density at radius 1 is 0.829 bits per heavy atom. The molecule has 2 aromatic rings. The highest BCUT2D eigenvalue weighted by molar-refractivity contribution is 5.82. The summed E-state index contributed by atoms with van der Waals surface area (Å²) in [6.45, 7) is 4.33. The average molecular weight is 481 g/mol. The van der Waals surface area contributed by atoms with Crippen molar-refractivity contribution < 1.29 is 19.7 Å². The number of aliphatic hydroxyl groups excluding tert-OH is 2. The van der Waals surface area contributed by atoms with Crippen molar-refractivity contribution in [2.75, 3.05) is 6.61 Å². The smallest absolute Gasteiger partial charge is 0.173 e. The van der Waals surface area contributed by atoms with Gasteiger partial charge in [0, 0.05) is 5.92 Å². The maximum atomic E-state index is 12.3. The van der Waals surface area contributed by atoms with Crippen LogP contribution in [0.4, 0.5) is 0 Å². The van der Waals surface area contributed by atoms with Crippen LogP contribution in [0.3, 0.4) is 0 Å². The van der Waals surface area contributed by atoms with Gasteiger partial charge in [0.25, 0.3) is 0 Å². The highest BCUT2D eigenvalue weighted by Crippen LogP contribution is 2.25. The number of hydrogen-bond donors (Lipinski definition) is 2. The monoisotopic (exact) mass is 480 g/mol. The molecule has 0 heterocycles. The van der Waals surface area contributed by atoms with Gasteiger partial charge in [-0.1, -0.05) is 75.6 Å². The summed E-state index contributed by atoms with van der Waals surface area (Å²) in [6.07, 6.45) is 8.70. The minimum Gasteiger partial charge on any atom is -0.486 e. The molecule has 3 rings (SSSR count). The minimum absolute atomic E-state index is 0.133. The van der Waals surface area contributed by atoms with Gasteiger partial charge >= 0.3 is 0 Å². The van der Waals surface area contributed by atoms with Crippen LogP contribution in [0.25, 0.3) is 0 Å². The number of Topliss-reactive ketones (excluding diaryl/α,β-unsaturated/α-hetero) is 1. The Bertz CT molecular complexity index is 857. The van der Waals surface area contributed by atoms with E-state index >= 15 is 0 Å². The predicted molar refractivity (Wildman–Crippen MR) is 142 cm³/mol. The first kappa shape index (κ1) is 27.4. The number of carbonyl (C=O) groups excluding carboxylic acids is 1. The topological polar surface area (TPSA) is 66.8 Å². The number of benzene rings is 2. The summed E-state index contributed by atoms with van der Waals surface area (Å²) in [5.41, 5.74) is 2.40. The van der Waals surface area contributed by atoms with Crippen LogP contribution in [0.15, 0.2) is 54.6 Å². The fourth-order valence-corrected chi connectivity index (χ4v) is 5.15. The van der Waals surface area contributed by atoms with Gasteiger partial charge in [-0.15, -0.1) is 0 Å². The third kappa shape index (κ3) is 9.42. The molecule has 0 bridgehead atoms. The Morgan fingerprint density at radius 2 is 1.37 bits per heavy atom. The van der Waals surface area contributed by atoms with Gasteiger partial charge in [0.1, 0.15) is 12.4 Å². The summed E-state index contributed by atoms with van der Waals surface area (Å²) in [4.78, 5) is 12.3. The van der Waals surface area contributed by atoms with E-state index in [-0.39, 0.29) is 36.2 Å². The standard InChI is InChI=1S/C31H44O4/c1-23(20-25-10-5-3-6-11-25)29(32)14-9-15-30(33)24(2)21-26-16-18-28(19-17-26)35-22-31(34)27-12-7-4-8-13-27/h3,5-6,10-11,16-19,23-24,27,29-30,32-33H,4,7-9,12-15,20-22H2,1-2H3. The van der Waals surface area contributed by atoms with Gasteiger partial charge in [-0.2, -0.15) is 0 Å². The molecule has 1 aliphatic rings. The number of rotatable bonds is 14. The highest BCUT2D eigenvalue weighted by atomic mass is 16.5. The van der Waals surface area contributed by atoms with E-state index in [1.807, 2.05) is 42.5 Å². The molecular weight excluding hydrogens is 436 g/mol. The lowest BCUT2D eigenvalue weighted by atomic mass is 9.86. The molecule has 2 N–H and O–H groups in total. The first-order valence-corrected chi connectivity index (χ1v) is 13.6. The lowest BCUT2D eigenvalue weighted by Gasteiger charge is -2.22. The van der Waals surface area contributed by atoms with Gasteiger partial charge in [0.15, 0.2) is 5.78 Å². The number of ether oxygens (including phenoxy) is 1. The fraction of sp³-hybridized carbons (Fsp3) is 0.581. The molecule has 192 valence electrons. The molecule has 4 heteroatoms. The van der Waals surface area contributed by atoms with Gasteiger partial charge < -0.3 is 14.9 Å². The van der Waals surface area contributed by atoms with Crippen molar-refractivity contribution in [1.82, 2.24) is 0 Å². The second kappa shape index (κ2) is 14.4. The predicted octanol–water partition coefficient (Wildman–Crippen LogP) is 6.16. The molecular formula is C31H44O4. The van der Waals surface area contributed by atoms with Crippen LogP contribution in [-0.2, 0) is 17.6 Å². The van der Waals surface area contributed by atoms with E-state index in [9.17, 15) is 15.0 Å². The van der Waals surface area contributed by atoms with E-state index in [0.29, 0.717) is 12.8 Å². The number of hydrogen-bond acceptors (Lipinski definition) is 4. The molecule has 4 atom stereocenters. The molecule has 0 radical (unpaired) electrons. The molecule has 1 aliphatic carbocycles. The van der Waals surface area contributed by atoms with Gasteiger partial charge in [0.2, 0.25) is 0 Å². The summed E-state index contributed by atoms with van der Waals surface area (Å²) >= 11 is 0. The van der Waals surface area contributed by atoms with Crippen molar-refractivity contribution in [3.63, 3.8) is 0 Å². The Balaban J connectivity index is 1.34. The van der Waals surface area contributed by atoms with Crippen molar-refractivity contribution >= 4 is 5.78 Å². The molecule has 4 unspecified atom stereocenters. The second-order valence-electron chi connectivity index (χ2n) is 10.6. The van der Waals surface area contributed by atoms with Crippen LogP contribution >= 0.6 is 0 Å². The second-order valence-corrected chi connectivity index (χ2v) is 10.6. The summed E-state index contributed by atoms with van der Waals surface area (Å²) in [7, 11) is 0. The van der Waals surface area contributed by atoms with Crippen molar-refractivity contribution in [2.45, 2.75) is 90.3 Å². The summed E-state index contributed by atoms with van der Waals surface area (Å²) in [5.74, 6) is 1.47. The van der Waals surface area contributed by atoms with E-state index in [0.717, 1.165) is 56.3 Å². The van der Waals surface area contributed by atoms with Gasteiger partial charge in [-0.05, 0) is 80.0 Å². The maximum Gasteiger partial charge on any atom is 0.173 e. The third-order valence-electron chi connectivity index (χ3n) is 7.64. The van der Waals surface area contributed by atoms with Crippen LogP contribution in [-0.4, -0.2) is 34.8 Å². The zero-order valence-corrected chi connectivity index (χ0v) is 21.6. The lowest BCUT2D eigenvalue weighted by Crippen LogP contribution is -2.23. The molecule has 0 aliphatic heterocycles. The summed E-state index contributed by atoms with van der Waals surface area (Å²) in [5, 5.41) is 21.2. The largest absolute Gasteiger partial charge is 0.486 e. The van der Waals surface area contributed by atoms with E-state index in [4.69, 9.17) is 4.74 Å². The van der Waals surface area contributed by atoms with Crippen LogP contribution in [0.2, 0.25) is 0 Å². The summed E-state index contributed by atoms with van der Waals surface area (Å²) < 4.78 is 5.74. The van der Waals surface area contributed by atoms with Gasteiger partial charge in [-0.3, -0.25) is 4.79 Å². The molecule has 0 aromatic heterocycles. The SMILES string of the molecule is CC(Cc1ccccc1)C(O)CCCC(O)C(C)Cc1ccc(OCC(=O)C2CCCCC2)cc1. The van der Waals surface area contributed by atoms with Crippen LogP contribution in [0.5, 0.6) is 5.75 Å². The van der Waals surface area contributed by atoms with Crippen molar-refractivity contribution in [1.29, 1.82) is 0 Å². The minimum atomic E-state index is -0.393. The fourth-order valence-electron chi connectivity index (χ4n) is 5.15. The van der Waals surface area contributed by atoms with Crippen LogP contribution < -0.4 is 4.74 Å². The third-order valence-corrected chi connectivity index (χ3v) is 7.64. The Morgan fingerprint density at radius 3 is 1.94 bits per heavy atom.